The fraction of sp³-hybridized carbons (Fsp3) is 0.316. The molecule has 24 heavy (non-hydrogen) atoms. The third kappa shape index (κ3) is 3.02. The lowest BCUT2D eigenvalue weighted by molar-refractivity contribution is 0.0788. The molecular weight excluding hydrogens is 300 g/mol. The number of hydrogen-bond donors (Lipinski definition) is 0. The van der Waals surface area contributed by atoms with Gasteiger partial charge in [-0.1, -0.05) is 13.0 Å². The van der Waals surface area contributed by atoms with Gasteiger partial charge in [-0.3, -0.25) is 14.2 Å². The van der Waals surface area contributed by atoms with Crippen LogP contribution in [-0.2, 0) is 12.8 Å². The Balaban J connectivity index is 1.86. The van der Waals surface area contributed by atoms with Crippen molar-refractivity contribution < 1.29 is 4.79 Å². The largest absolute Gasteiger partial charge is 0.340 e. The van der Waals surface area contributed by atoms with Crippen molar-refractivity contribution in [3.8, 4) is 0 Å². The Hall–Kier alpha value is -2.69. The summed E-state index contributed by atoms with van der Waals surface area (Å²) in [6.45, 7) is 4.71. The number of hydrogen-bond acceptors (Lipinski definition) is 3. The zero-order chi connectivity index (χ0) is 17.1. The highest BCUT2D eigenvalue weighted by Gasteiger charge is 2.21. The molecule has 0 saturated carbocycles. The van der Waals surface area contributed by atoms with Gasteiger partial charge < -0.3 is 4.90 Å². The zero-order valence-corrected chi connectivity index (χ0v) is 14.4. The van der Waals surface area contributed by atoms with E-state index in [1.807, 2.05) is 55.8 Å². The predicted molar refractivity (Wildman–Crippen MR) is 94.2 cm³/mol. The maximum Gasteiger partial charge on any atom is 0.272 e. The molecule has 0 aliphatic heterocycles. The third-order valence-electron chi connectivity index (χ3n) is 4.29. The fourth-order valence-electron chi connectivity index (χ4n) is 2.85. The van der Waals surface area contributed by atoms with Gasteiger partial charge >= 0.3 is 0 Å². The van der Waals surface area contributed by atoms with Crippen LogP contribution < -0.4 is 0 Å². The van der Waals surface area contributed by atoms with Crippen LogP contribution in [0, 0.1) is 6.92 Å². The van der Waals surface area contributed by atoms with Crippen molar-refractivity contribution in [2.45, 2.75) is 26.7 Å². The average molecular weight is 322 g/mol. The molecule has 0 aliphatic carbocycles. The molecule has 5 heteroatoms. The molecule has 3 heterocycles. The SMILES string of the molecule is CCc1nc2c(C)cccn2c1C(=O)N(C)CCc1ccncc1. The molecule has 1 amide bonds. The van der Waals surface area contributed by atoms with Gasteiger partial charge in [0.1, 0.15) is 11.3 Å². The molecule has 5 nitrogen and oxygen atoms in total. The van der Waals surface area contributed by atoms with Crippen LogP contribution in [0.3, 0.4) is 0 Å². The number of carbonyl (C=O) groups is 1. The second-order valence-electron chi connectivity index (χ2n) is 5.98. The minimum atomic E-state index is 0.0130. The van der Waals surface area contributed by atoms with Crippen LogP contribution in [0.5, 0.6) is 0 Å². The van der Waals surface area contributed by atoms with Crippen LogP contribution in [0.1, 0.15) is 34.2 Å². The van der Waals surface area contributed by atoms with Crippen LogP contribution in [0.15, 0.2) is 42.9 Å². The molecule has 0 unspecified atom stereocenters. The monoisotopic (exact) mass is 322 g/mol. The smallest absolute Gasteiger partial charge is 0.272 e. The predicted octanol–water partition coefficient (Wildman–Crippen LogP) is 2.91. The number of nitrogens with zero attached hydrogens (tertiary/aromatic N) is 4. The number of likely N-dealkylation sites (N-methyl/N-ethyl adjacent to an activating group) is 1. The van der Waals surface area contributed by atoms with Crippen molar-refractivity contribution in [2.75, 3.05) is 13.6 Å². The minimum Gasteiger partial charge on any atom is -0.340 e. The van der Waals surface area contributed by atoms with Crippen molar-refractivity contribution in [2.24, 2.45) is 0 Å². The van der Waals surface area contributed by atoms with Crippen molar-refractivity contribution in [1.29, 1.82) is 0 Å². The molecule has 0 radical (unpaired) electrons. The summed E-state index contributed by atoms with van der Waals surface area (Å²) in [5.41, 5.74) is 4.64. The number of aryl methyl sites for hydroxylation is 2. The van der Waals surface area contributed by atoms with Crippen molar-refractivity contribution in [1.82, 2.24) is 19.3 Å². The summed E-state index contributed by atoms with van der Waals surface area (Å²) in [5.74, 6) is 0.0130. The number of imidazole rings is 1. The Morgan fingerprint density at radius 2 is 2.00 bits per heavy atom. The Morgan fingerprint density at radius 1 is 1.25 bits per heavy atom. The Morgan fingerprint density at radius 3 is 2.71 bits per heavy atom. The summed E-state index contributed by atoms with van der Waals surface area (Å²) >= 11 is 0. The van der Waals surface area contributed by atoms with Gasteiger partial charge in [0.25, 0.3) is 5.91 Å². The highest BCUT2D eigenvalue weighted by atomic mass is 16.2. The molecule has 0 bridgehead atoms. The number of fused-ring (bicyclic) bond motifs is 1. The zero-order valence-electron chi connectivity index (χ0n) is 14.4. The lowest BCUT2D eigenvalue weighted by atomic mass is 10.2. The van der Waals surface area contributed by atoms with E-state index in [2.05, 4.69) is 9.97 Å². The van der Waals surface area contributed by atoms with Crippen LogP contribution in [0.25, 0.3) is 5.65 Å². The Bertz CT molecular complexity index is 854. The van der Waals surface area contributed by atoms with Crippen molar-refractivity contribution in [3.63, 3.8) is 0 Å². The molecule has 0 atom stereocenters. The Labute approximate surface area is 142 Å². The van der Waals surface area contributed by atoms with Crippen LogP contribution in [0.4, 0.5) is 0 Å². The summed E-state index contributed by atoms with van der Waals surface area (Å²) in [7, 11) is 1.85. The van der Waals surface area contributed by atoms with Crippen LogP contribution in [0.2, 0.25) is 0 Å². The van der Waals surface area contributed by atoms with Crippen molar-refractivity contribution in [3.05, 3.63) is 65.4 Å². The first-order valence-electron chi connectivity index (χ1n) is 8.22. The van der Waals surface area contributed by atoms with Crippen LogP contribution >= 0.6 is 0 Å². The van der Waals surface area contributed by atoms with E-state index in [0.29, 0.717) is 12.2 Å². The minimum absolute atomic E-state index is 0.0130. The maximum atomic E-state index is 13.0. The number of aromatic nitrogens is 3. The molecule has 0 aliphatic rings. The molecule has 3 aromatic heterocycles. The molecule has 0 N–H and O–H groups in total. The molecule has 0 aromatic carbocycles. The van der Waals surface area contributed by atoms with E-state index < -0.39 is 0 Å². The quantitative estimate of drug-likeness (QED) is 0.726. The molecular formula is C19H22N4O. The first-order chi connectivity index (χ1) is 11.6. The summed E-state index contributed by atoms with van der Waals surface area (Å²) < 4.78 is 1.92. The number of pyridine rings is 2. The van der Waals surface area contributed by atoms with E-state index in [-0.39, 0.29) is 5.91 Å². The first kappa shape index (κ1) is 16.2. The van der Waals surface area contributed by atoms with E-state index in [9.17, 15) is 4.79 Å². The van der Waals surface area contributed by atoms with Crippen LogP contribution in [-0.4, -0.2) is 38.8 Å². The van der Waals surface area contributed by atoms with Gasteiger partial charge in [0.2, 0.25) is 0 Å². The van der Waals surface area contributed by atoms with Gasteiger partial charge in [-0.2, -0.15) is 0 Å². The number of carbonyl (C=O) groups excluding carboxylic acids is 1. The summed E-state index contributed by atoms with van der Waals surface area (Å²) in [5, 5.41) is 0. The van der Waals surface area contributed by atoms with Gasteiger partial charge in [0.15, 0.2) is 0 Å². The molecule has 3 aromatic rings. The highest BCUT2D eigenvalue weighted by molar-refractivity contribution is 5.94. The topological polar surface area (TPSA) is 50.5 Å². The molecule has 0 fully saturated rings. The van der Waals surface area contributed by atoms with E-state index in [4.69, 9.17) is 0 Å². The molecule has 124 valence electrons. The summed E-state index contributed by atoms with van der Waals surface area (Å²) in [6, 6.07) is 7.93. The highest BCUT2D eigenvalue weighted by Crippen LogP contribution is 2.18. The number of rotatable bonds is 5. The standard InChI is InChI=1S/C19H22N4O/c1-4-16-17(23-12-5-6-14(2)18(23)21-16)19(24)22(3)13-9-15-7-10-20-11-8-15/h5-8,10-12H,4,9,13H2,1-3H3. The Kier molecular flexibility index (Phi) is 4.60. The van der Waals surface area contributed by atoms with E-state index >= 15 is 0 Å². The molecule has 3 rings (SSSR count). The third-order valence-corrected chi connectivity index (χ3v) is 4.29. The summed E-state index contributed by atoms with van der Waals surface area (Å²) in [6.07, 6.45) is 7.01. The lowest BCUT2D eigenvalue weighted by Gasteiger charge is -2.17. The van der Waals surface area contributed by atoms with Gasteiger partial charge in [-0.05, 0) is 49.1 Å². The van der Waals surface area contributed by atoms with E-state index in [0.717, 1.165) is 29.7 Å². The first-order valence-corrected chi connectivity index (χ1v) is 8.22. The second-order valence-corrected chi connectivity index (χ2v) is 5.98. The molecule has 0 saturated heterocycles. The maximum absolute atomic E-state index is 13.0. The number of amides is 1. The van der Waals surface area contributed by atoms with Gasteiger partial charge in [0.05, 0.1) is 5.69 Å². The summed E-state index contributed by atoms with van der Waals surface area (Å²) in [4.78, 5) is 23.4. The average Bonchev–Trinajstić information content (AvgIpc) is 3.00. The van der Waals surface area contributed by atoms with Gasteiger partial charge in [0, 0.05) is 32.2 Å². The molecule has 0 spiro atoms. The van der Waals surface area contributed by atoms with Crippen molar-refractivity contribution >= 4 is 11.6 Å². The van der Waals surface area contributed by atoms with E-state index in [1.165, 1.54) is 5.56 Å². The van der Waals surface area contributed by atoms with Gasteiger partial charge in [-0.15, -0.1) is 0 Å². The van der Waals surface area contributed by atoms with Gasteiger partial charge in [-0.25, -0.2) is 4.98 Å². The van der Waals surface area contributed by atoms with E-state index in [1.54, 1.807) is 17.3 Å². The second kappa shape index (κ2) is 6.83. The lowest BCUT2D eigenvalue weighted by Crippen LogP contribution is -2.30. The fourth-order valence-corrected chi connectivity index (χ4v) is 2.85. The normalized spacial score (nSPS) is 11.0.